The van der Waals surface area contributed by atoms with E-state index < -0.39 is 15.7 Å². The number of aliphatic imine (C=N–C) groups is 1. The summed E-state index contributed by atoms with van der Waals surface area (Å²) in [6, 6.07) is 4.01. The minimum atomic E-state index is -3.23. The highest BCUT2D eigenvalue weighted by Gasteiger charge is 2.11. The van der Waals surface area contributed by atoms with Gasteiger partial charge >= 0.3 is 0 Å². The zero-order chi connectivity index (χ0) is 19.0. The van der Waals surface area contributed by atoms with E-state index in [0.717, 1.165) is 6.26 Å². The highest BCUT2D eigenvalue weighted by Crippen LogP contribution is 2.14. The molecule has 0 atom stereocenters. The van der Waals surface area contributed by atoms with Crippen LogP contribution in [0.4, 0.5) is 4.39 Å². The van der Waals surface area contributed by atoms with Crippen LogP contribution in [0.25, 0.3) is 0 Å². The van der Waals surface area contributed by atoms with Crippen LogP contribution in [0.3, 0.4) is 0 Å². The highest BCUT2D eigenvalue weighted by atomic mass is 32.2. The number of nitrogens with one attached hydrogen (secondary N) is 2. The number of hydrogen-bond donors (Lipinski definition) is 2. The number of amides is 1. The van der Waals surface area contributed by atoms with Crippen molar-refractivity contribution in [3.05, 3.63) is 35.1 Å². The molecule has 9 heteroatoms. The smallest absolute Gasteiger partial charge is 0.223 e. The van der Waals surface area contributed by atoms with Gasteiger partial charge in [0, 0.05) is 46.9 Å². The van der Waals surface area contributed by atoms with Crippen molar-refractivity contribution in [2.75, 3.05) is 33.9 Å². The van der Waals surface area contributed by atoms with E-state index in [1.807, 2.05) is 0 Å². The molecule has 0 bridgehead atoms. The molecule has 0 spiro atoms. The molecule has 1 aromatic rings. The molecule has 0 radical (unpaired) electrons. The van der Waals surface area contributed by atoms with E-state index in [9.17, 15) is 17.6 Å². The lowest BCUT2D eigenvalue weighted by Crippen LogP contribution is -2.39. The summed E-state index contributed by atoms with van der Waals surface area (Å²) in [6.45, 7) is 0.611. The van der Waals surface area contributed by atoms with E-state index in [1.165, 1.54) is 23.1 Å². The predicted molar refractivity (Wildman–Crippen MR) is 96.5 cm³/mol. The summed E-state index contributed by atoms with van der Waals surface area (Å²) in [5, 5.41) is 5.98. The number of carbonyl (C=O) groups excluding carboxylic acids is 1. The number of sulfone groups is 1. The molecular weight excluding hydrogens is 347 g/mol. The average molecular weight is 372 g/mol. The van der Waals surface area contributed by atoms with Gasteiger partial charge in [0.1, 0.15) is 5.82 Å². The third-order valence-electron chi connectivity index (χ3n) is 3.39. The molecule has 1 rings (SSSR count). The Bertz CT molecular complexity index is 733. The summed E-state index contributed by atoms with van der Waals surface area (Å²) < 4.78 is 36.5. The summed E-state index contributed by atoms with van der Waals surface area (Å²) >= 11 is 0. The maximum atomic E-state index is 13.5. The van der Waals surface area contributed by atoms with Gasteiger partial charge in [-0.2, -0.15) is 0 Å². The number of guanidine groups is 1. The van der Waals surface area contributed by atoms with Crippen LogP contribution in [-0.4, -0.2) is 59.1 Å². The molecule has 1 aromatic carbocycles. The van der Waals surface area contributed by atoms with Gasteiger partial charge in [-0.05, 0) is 23.3 Å². The lowest BCUT2D eigenvalue weighted by atomic mass is 10.1. The fourth-order valence-corrected chi connectivity index (χ4v) is 2.94. The minimum Gasteiger partial charge on any atom is -0.356 e. The maximum Gasteiger partial charge on any atom is 0.223 e. The number of nitrogens with zero attached hydrogens (tertiary/aromatic N) is 2. The van der Waals surface area contributed by atoms with Gasteiger partial charge in [-0.15, -0.1) is 0 Å². The van der Waals surface area contributed by atoms with Gasteiger partial charge in [-0.1, -0.05) is 6.07 Å². The predicted octanol–water partition coefficient (Wildman–Crippen LogP) is 0.514. The lowest BCUT2D eigenvalue weighted by molar-refractivity contribution is -0.128. The molecule has 0 aromatic heterocycles. The van der Waals surface area contributed by atoms with Crippen molar-refractivity contribution in [3.63, 3.8) is 0 Å². The molecule has 2 N–H and O–H groups in total. The quantitative estimate of drug-likeness (QED) is 0.538. The number of carbonyl (C=O) groups is 1. The molecule has 7 nitrogen and oxygen atoms in total. The summed E-state index contributed by atoms with van der Waals surface area (Å²) in [6.07, 6.45) is 1.45. The van der Waals surface area contributed by atoms with Crippen LogP contribution in [0.15, 0.2) is 23.2 Å². The van der Waals surface area contributed by atoms with Crippen molar-refractivity contribution in [2.24, 2.45) is 4.99 Å². The fraction of sp³-hybridized carbons (Fsp3) is 0.500. The Morgan fingerprint density at radius 2 is 1.92 bits per heavy atom. The summed E-state index contributed by atoms with van der Waals surface area (Å²) in [4.78, 5) is 17.1. The Kier molecular flexibility index (Phi) is 7.82. The third kappa shape index (κ3) is 7.97. The molecule has 0 saturated carbocycles. The molecule has 0 aliphatic rings. The average Bonchev–Trinajstić information content (AvgIpc) is 2.51. The van der Waals surface area contributed by atoms with Crippen molar-refractivity contribution in [1.29, 1.82) is 0 Å². The molecule has 0 fully saturated rings. The van der Waals surface area contributed by atoms with E-state index >= 15 is 0 Å². The Morgan fingerprint density at radius 3 is 2.48 bits per heavy atom. The SMILES string of the molecule is CN=C(NCCC(=O)N(C)C)NCc1cc(F)ccc1CS(C)(=O)=O. The zero-order valence-corrected chi connectivity index (χ0v) is 15.8. The van der Waals surface area contributed by atoms with Crippen molar-refractivity contribution in [2.45, 2.75) is 18.7 Å². The second-order valence-corrected chi connectivity index (χ2v) is 8.01. The van der Waals surface area contributed by atoms with Gasteiger partial charge in [0.2, 0.25) is 5.91 Å². The number of hydrogen-bond acceptors (Lipinski definition) is 4. The molecule has 1 amide bonds. The summed E-state index contributed by atoms with van der Waals surface area (Å²) in [7, 11) is 1.72. The Hall–Kier alpha value is -2.16. The molecule has 0 aliphatic heterocycles. The molecule has 0 aliphatic carbocycles. The number of halogens is 1. The van der Waals surface area contributed by atoms with E-state index in [1.54, 1.807) is 21.1 Å². The van der Waals surface area contributed by atoms with Crippen LogP contribution in [0, 0.1) is 5.82 Å². The highest BCUT2D eigenvalue weighted by molar-refractivity contribution is 7.89. The first-order valence-corrected chi connectivity index (χ1v) is 9.78. The van der Waals surface area contributed by atoms with Gasteiger partial charge in [-0.3, -0.25) is 9.79 Å². The standard InChI is InChI=1S/C16H25FN4O3S/c1-18-16(19-8-7-15(22)21(2)3)20-10-13-9-14(17)6-5-12(13)11-25(4,23)24/h5-6,9H,7-8,10-11H2,1-4H3,(H2,18,19,20). The Morgan fingerprint density at radius 1 is 1.24 bits per heavy atom. The van der Waals surface area contributed by atoms with Crippen LogP contribution in [0.2, 0.25) is 0 Å². The second-order valence-electron chi connectivity index (χ2n) is 5.87. The summed E-state index contributed by atoms with van der Waals surface area (Å²) in [5.74, 6) is -0.161. The topological polar surface area (TPSA) is 90.9 Å². The molecule has 140 valence electrons. The number of rotatable bonds is 7. The Labute approximate surface area is 148 Å². The van der Waals surface area contributed by atoms with Crippen molar-refractivity contribution >= 4 is 21.7 Å². The molecular formula is C16H25FN4O3S. The zero-order valence-electron chi connectivity index (χ0n) is 15.0. The third-order valence-corrected chi connectivity index (χ3v) is 4.22. The molecule has 0 heterocycles. The van der Waals surface area contributed by atoms with Crippen molar-refractivity contribution < 1.29 is 17.6 Å². The fourth-order valence-electron chi connectivity index (χ4n) is 2.09. The Balaban J connectivity index is 2.69. The van der Waals surface area contributed by atoms with Gasteiger partial charge < -0.3 is 15.5 Å². The number of benzene rings is 1. The minimum absolute atomic E-state index is 0.0106. The first-order valence-electron chi connectivity index (χ1n) is 7.72. The van der Waals surface area contributed by atoms with E-state index in [-0.39, 0.29) is 18.2 Å². The van der Waals surface area contributed by atoms with E-state index in [0.29, 0.717) is 30.1 Å². The van der Waals surface area contributed by atoms with Crippen LogP contribution in [0.1, 0.15) is 17.5 Å². The maximum absolute atomic E-state index is 13.5. The first kappa shape index (κ1) is 20.9. The molecule has 0 saturated heterocycles. The largest absolute Gasteiger partial charge is 0.356 e. The normalized spacial score (nSPS) is 12.0. The second kappa shape index (κ2) is 9.36. The van der Waals surface area contributed by atoms with Crippen molar-refractivity contribution in [1.82, 2.24) is 15.5 Å². The van der Waals surface area contributed by atoms with Crippen LogP contribution in [0.5, 0.6) is 0 Å². The van der Waals surface area contributed by atoms with E-state index in [2.05, 4.69) is 15.6 Å². The first-order chi connectivity index (χ1) is 11.6. The lowest BCUT2D eigenvalue weighted by Gasteiger charge is -2.15. The van der Waals surface area contributed by atoms with Gasteiger partial charge in [-0.25, -0.2) is 12.8 Å². The van der Waals surface area contributed by atoms with Gasteiger partial charge in [0.05, 0.1) is 5.75 Å². The molecule has 25 heavy (non-hydrogen) atoms. The van der Waals surface area contributed by atoms with Crippen LogP contribution < -0.4 is 10.6 Å². The van der Waals surface area contributed by atoms with Crippen LogP contribution >= 0.6 is 0 Å². The summed E-state index contributed by atoms with van der Waals surface area (Å²) in [5.41, 5.74) is 1.08. The van der Waals surface area contributed by atoms with Crippen molar-refractivity contribution in [3.8, 4) is 0 Å². The monoisotopic (exact) mass is 372 g/mol. The van der Waals surface area contributed by atoms with Crippen LogP contribution in [-0.2, 0) is 26.9 Å². The molecule has 0 unspecified atom stereocenters. The van der Waals surface area contributed by atoms with Gasteiger partial charge in [0.25, 0.3) is 0 Å². The van der Waals surface area contributed by atoms with Gasteiger partial charge in [0.15, 0.2) is 15.8 Å². The van der Waals surface area contributed by atoms with E-state index in [4.69, 9.17) is 0 Å².